The van der Waals surface area contributed by atoms with Crippen LogP contribution in [0.2, 0.25) is 0 Å². The van der Waals surface area contributed by atoms with Gasteiger partial charge in [0.2, 0.25) is 0 Å². The van der Waals surface area contributed by atoms with E-state index >= 15 is 0 Å². The number of para-hydroxylation sites is 1. The number of amidine groups is 2. The van der Waals surface area contributed by atoms with Crippen LogP contribution < -0.4 is 10.2 Å². The number of phenolic OH excluding ortho intramolecular Hbond substituents is 1. The minimum Gasteiger partial charge on any atom is -0.505 e. The number of phenols is 1. The summed E-state index contributed by atoms with van der Waals surface area (Å²) in [5.41, 5.74) is 0.249. The molecule has 0 aliphatic carbocycles. The van der Waals surface area contributed by atoms with Gasteiger partial charge in [0.1, 0.15) is 12.0 Å². The molecule has 0 radical (unpaired) electrons. The van der Waals surface area contributed by atoms with E-state index in [1.165, 1.54) is 25.1 Å². The van der Waals surface area contributed by atoms with Gasteiger partial charge in [0.15, 0.2) is 17.4 Å². The Labute approximate surface area is 188 Å². The van der Waals surface area contributed by atoms with Gasteiger partial charge >= 0.3 is 10.2 Å². The molecule has 0 spiro atoms. The lowest BCUT2D eigenvalue weighted by atomic mass is 10.1. The Morgan fingerprint density at radius 3 is 2.55 bits per heavy atom. The molecule has 0 unspecified atom stereocenters. The summed E-state index contributed by atoms with van der Waals surface area (Å²) in [6, 6.07) is 6.07. The van der Waals surface area contributed by atoms with Crippen LogP contribution >= 0.6 is 15.9 Å². The van der Waals surface area contributed by atoms with E-state index in [2.05, 4.69) is 30.0 Å². The van der Waals surface area contributed by atoms with E-state index in [0.717, 1.165) is 4.47 Å². The average Bonchev–Trinajstić information content (AvgIpc) is 3.30. The highest BCUT2D eigenvalue weighted by Crippen LogP contribution is 2.33. The van der Waals surface area contributed by atoms with Crippen LogP contribution in [-0.4, -0.2) is 57.1 Å². The number of likely N-dealkylation sites (N-methyl/N-ethyl adjacent to an activating group) is 2. The molecule has 1 aromatic carbocycles. The molecule has 0 fully saturated rings. The van der Waals surface area contributed by atoms with Crippen molar-refractivity contribution in [1.29, 1.82) is 0 Å². The Morgan fingerprint density at radius 2 is 1.97 bits per heavy atom. The Kier molecular flexibility index (Phi) is 6.41. The second-order valence-corrected chi connectivity index (χ2v) is 8.97. The van der Waals surface area contributed by atoms with E-state index in [4.69, 9.17) is 4.42 Å². The van der Waals surface area contributed by atoms with Crippen LogP contribution in [-0.2, 0) is 10.2 Å². The number of furan rings is 1. The Hall–Kier alpha value is -2.86. The number of carbonyl (C=O) groups is 1. The molecule has 10 nitrogen and oxygen atoms in total. The molecule has 1 atom stereocenters. The minimum absolute atomic E-state index is 0.0101. The highest BCUT2D eigenvalue weighted by Gasteiger charge is 2.35. The summed E-state index contributed by atoms with van der Waals surface area (Å²) in [7, 11) is 0.561. The molecule has 3 rings (SSSR count). The number of hydrogen-bond acceptors (Lipinski definition) is 7. The zero-order valence-electron chi connectivity index (χ0n) is 17.3. The molecular weight excluding hydrogens is 490 g/mol. The Bertz CT molecular complexity index is 1170. The van der Waals surface area contributed by atoms with Crippen LogP contribution in [0.3, 0.4) is 0 Å². The summed E-state index contributed by atoms with van der Waals surface area (Å²) in [6.45, 7) is 1.93. The summed E-state index contributed by atoms with van der Waals surface area (Å²) in [6.07, 6.45) is 2.15. The largest absolute Gasteiger partial charge is 0.505 e. The molecule has 0 saturated heterocycles. The lowest BCUT2D eigenvalue weighted by molar-refractivity contribution is 0.0960. The van der Waals surface area contributed by atoms with Gasteiger partial charge in [0.05, 0.1) is 21.8 Å². The van der Waals surface area contributed by atoms with Crippen molar-refractivity contribution >= 4 is 49.4 Å². The van der Waals surface area contributed by atoms with E-state index in [1.54, 1.807) is 36.4 Å². The highest BCUT2D eigenvalue weighted by molar-refractivity contribution is 9.10. The number of aromatic hydroxyl groups is 1. The summed E-state index contributed by atoms with van der Waals surface area (Å²) >= 11 is 3.35. The summed E-state index contributed by atoms with van der Waals surface area (Å²) < 4.78 is 38.4. The van der Waals surface area contributed by atoms with Gasteiger partial charge in [-0.15, -0.1) is 8.80 Å². The number of carbonyl (C=O) groups excluding carboxylic acids is 1. The molecule has 1 aromatic heterocycles. The van der Waals surface area contributed by atoms with Crippen molar-refractivity contribution in [3.63, 3.8) is 0 Å². The average molecular weight is 512 g/mol. The molecule has 2 aromatic rings. The highest BCUT2D eigenvalue weighted by atomic mass is 79.9. The molecule has 1 amide bonds. The van der Waals surface area contributed by atoms with Crippen LogP contribution in [0, 0.1) is 0 Å². The number of nitrogens with zero attached hydrogens (tertiary/aromatic N) is 4. The van der Waals surface area contributed by atoms with Crippen LogP contribution in [0.1, 0.15) is 35.5 Å². The summed E-state index contributed by atoms with van der Waals surface area (Å²) in [5, 5.41) is 13.1. The molecule has 31 heavy (non-hydrogen) atoms. The van der Waals surface area contributed by atoms with Crippen LogP contribution in [0.5, 0.6) is 5.75 Å². The Morgan fingerprint density at radius 1 is 1.29 bits per heavy atom. The van der Waals surface area contributed by atoms with Crippen molar-refractivity contribution in [3.05, 3.63) is 46.3 Å². The fourth-order valence-corrected chi connectivity index (χ4v) is 4.52. The van der Waals surface area contributed by atoms with Crippen molar-refractivity contribution in [3.8, 4) is 5.75 Å². The minimum atomic E-state index is -4.11. The smallest absolute Gasteiger partial charge is 0.367 e. The van der Waals surface area contributed by atoms with Crippen molar-refractivity contribution in [2.75, 3.05) is 26.0 Å². The van der Waals surface area contributed by atoms with E-state index < -0.39 is 16.1 Å². The van der Waals surface area contributed by atoms with Crippen molar-refractivity contribution in [1.82, 2.24) is 10.2 Å². The fraction of sp³-hybridized carbons (Fsp3) is 0.316. The molecule has 1 aliphatic heterocycles. The van der Waals surface area contributed by atoms with Crippen molar-refractivity contribution < 1.29 is 22.7 Å². The molecule has 1 aliphatic rings. The number of anilines is 1. The van der Waals surface area contributed by atoms with Gasteiger partial charge in [-0.3, -0.25) is 4.79 Å². The van der Waals surface area contributed by atoms with Crippen LogP contribution in [0.4, 0.5) is 5.69 Å². The normalized spacial score (nSPS) is 15.8. The monoisotopic (exact) mass is 511 g/mol. The van der Waals surface area contributed by atoms with Gasteiger partial charge in [-0.25, -0.2) is 0 Å². The van der Waals surface area contributed by atoms with Crippen LogP contribution in [0.25, 0.3) is 0 Å². The van der Waals surface area contributed by atoms with Gasteiger partial charge in [-0.2, -0.15) is 8.42 Å². The number of benzene rings is 1. The third-order valence-corrected chi connectivity index (χ3v) is 6.10. The third kappa shape index (κ3) is 4.44. The second kappa shape index (κ2) is 8.71. The summed E-state index contributed by atoms with van der Waals surface area (Å²) in [5.74, 6) is -0.0626. The lowest BCUT2D eigenvalue weighted by Gasteiger charge is -2.30. The topological polar surface area (TPSA) is 128 Å². The maximum atomic E-state index is 12.3. The van der Waals surface area contributed by atoms with Gasteiger partial charge in [0, 0.05) is 21.1 Å². The number of hydrogen-bond donors (Lipinski definition) is 2. The number of rotatable bonds is 5. The first-order chi connectivity index (χ1) is 14.6. The molecule has 0 saturated carbocycles. The van der Waals surface area contributed by atoms with Gasteiger partial charge in [-0.05, 0) is 40.5 Å². The maximum Gasteiger partial charge on any atom is 0.367 e. The Balaban J connectivity index is 2.02. The SMILES string of the molecule is CC[C@H](c1cc(Br)co1)N(C)C1=NS(=O)(=O)N=C1N(C)c1cccc(C(=O)NC)c1O. The molecule has 2 heterocycles. The molecule has 0 bridgehead atoms. The molecule has 166 valence electrons. The van der Waals surface area contributed by atoms with E-state index in [9.17, 15) is 18.3 Å². The van der Waals surface area contributed by atoms with Gasteiger partial charge < -0.3 is 24.6 Å². The first-order valence-corrected chi connectivity index (χ1v) is 11.5. The second-order valence-electron chi connectivity index (χ2n) is 6.79. The predicted octanol–water partition coefficient (Wildman–Crippen LogP) is 2.68. The zero-order valence-corrected chi connectivity index (χ0v) is 19.7. The quantitative estimate of drug-likeness (QED) is 0.631. The lowest BCUT2D eigenvalue weighted by Crippen LogP contribution is -2.42. The number of halogens is 1. The third-order valence-electron chi connectivity index (χ3n) is 4.87. The molecular formula is C19H22BrN5O5S. The van der Waals surface area contributed by atoms with Crippen molar-refractivity contribution in [2.24, 2.45) is 8.80 Å². The van der Waals surface area contributed by atoms with Gasteiger partial charge in [-0.1, -0.05) is 13.0 Å². The summed E-state index contributed by atoms with van der Waals surface area (Å²) in [4.78, 5) is 15.1. The van der Waals surface area contributed by atoms with E-state index in [0.29, 0.717) is 12.2 Å². The first kappa shape index (κ1) is 22.8. The maximum absolute atomic E-state index is 12.3. The fourth-order valence-electron chi connectivity index (χ4n) is 3.30. The van der Waals surface area contributed by atoms with E-state index in [1.807, 2.05) is 6.92 Å². The zero-order chi connectivity index (χ0) is 22.9. The first-order valence-electron chi connectivity index (χ1n) is 9.29. The standard InChI is InChI=1S/C19H22BrN5O5S/c1-5-13(15-9-11(20)10-30-15)24(3)17-18(23-31(28,29)22-17)25(4)14-8-6-7-12(16(14)26)19(27)21-2/h6-10,13,26H,5H2,1-4H3,(H,21,27)/t13-/m1/s1. The van der Waals surface area contributed by atoms with Crippen molar-refractivity contribution in [2.45, 2.75) is 19.4 Å². The number of amides is 1. The molecule has 12 heteroatoms. The predicted molar refractivity (Wildman–Crippen MR) is 121 cm³/mol. The van der Waals surface area contributed by atoms with Crippen LogP contribution in [0.15, 0.2) is 48.2 Å². The number of nitrogens with one attached hydrogen (secondary N) is 1. The van der Waals surface area contributed by atoms with Gasteiger partial charge in [0.25, 0.3) is 5.91 Å². The molecule has 2 N–H and O–H groups in total. The van der Waals surface area contributed by atoms with E-state index in [-0.39, 0.29) is 34.7 Å².